The fourth-order valence-electron chi connectivity index (χ4n) is 2.16. The zero-order valence-corrected chi connectivity index (χ0v) is 12.9. The van der Waals surface area contributed by atoms with Crippen LogP contribution in [0.15, 0.2) is 42.5 Å². The molecule has 3 heteroatoms. The zero-order valence-electron chi connectivity index (χ0n) is 12.1. The first-order valence-electron chi connectivity index (χ1n) is 6.77. The summed E-state index contributed by atoms with van der Waals surface area (Å²) in [6.07, 6.45) is 0. The summed E-state index contributed by atoms with van der Waals surface area (Å²) < 4.78 is 5.68. The Morgan fingerprint density at radius 2 is 1.75 bits per heavy atom. The van der Waals surface area contributed by atoms with Gasteiger partial charge in [0.2, 0.25) is 0 Å². The Labute approximate surface area is 125 Å². The number of para-hydroxylation sites is 2. The first-order valence-corrected chi connectivity index (χ1v) is 7.93. The lowest BCUT2D eigenvalue weighted by Gasteiger charge is -2.09. The molecule has 0 spiro atoms. The third-order valence-electron chi connectivity index (χ3n) is 2.95. The molecule has 106 valence electrons. The van der Waals surface area contributed by atoms with Crippen LogP contribution < -0.4 is 10.5 Å². The molecule has 0 fully saturated rings. The summed E-state index contributed by atoms with van der Waals surface area (Å²) in [5, 5.41) is 0. The van der Waals surface area contributed by atoms with E-state index >= 15 is 0 Å². The predicted octanol–water partition coefficient (Wildman–Crippen LogP) is 4.20. The molecule has 2 N–H and O–H groups in total. The monoisotopic (exact) mass is 287 g/mol. The van der Waals surface area contributed by atoms with Gasteiger partial charge in [-0.15, -0.1) is 0 Å². The topological polar surface area (TPSA) is 35.2 Å². The summed E-state index contributed by atoms with van der Waals surface area (Å²) in [4.78, 5) is 0. The van der Waals surface area contributed by atoms with Gasteiger partial charge in [-0.3, -0.25) is 0 Å². The molecule has 20 heavy (non-hydrogen) atoms. The van der Waals surface area contributed by atoms with Crippen molar-refractivity contribution in [2.45, 2.75) is 19.6 Å². The van der Waals surface area contributed by atoms with E-state index in [0.29, 0.717) is 12.3 Å². The number of thioether (sulfide) groups is 1. The largest absolute Gasteiger partial charge is 0.491 e. The smallest absolute Gasteiger partial charge is 0.142 e. The minimum atomic E-state index is 0.684. The minimum absolute atomic E-state index is 0.684. The first-order chi connectivity index (χ1) is 9.65. The third kappa shape index (κ3) is 4.49. The van der Waals surface area contributed by atoms with Gasteiger partial charge in [0.05, 0.1) is 12.3 Å². The summed E-state index contributed by atoms with van der Waals surface area (Å²) in [5.41, 5.74) is 10.6. The van der Waals surface area contributed by atoms with Crippen molar-refractivity contribution in [3.8, 4) is 5.75 Å². The average Bonchev–Trinajstić information content (AvgIpc) is 2.39. The number of ether oxygens (including phenoxy) is 1. The lowest BCUT2D eigenvalue weighted by Crippen LogP contribution is -2.02. The highest BCUT2D eigenvalue weighted by Gasteiger charge is 1.99. The molecule has 2 aromatic carbocycles. The normalized spacial score (nSPS) is 10.5. The molecule has 0 aromatic heterocycles. The Morgan fingerprint density at radius 3 is 2.45 bits per heavy atom. The van der Waals surface area contributed by atoms with E-state index in [1.165, 1.54) is 16.7 Å². The van der Waals surface area contributed by atoms with Gasteiger partial charge in [-0.05, 0) is 31.5 Å². The van der Waals surface area contributed by atoms with Gasteiger partial charge in [0.15, 0.2) is 0 Å². The van der Waals surface area contributed by atoms with Crippen molar-refractivity contribution in [2.24, 2.45) is 0 Å². The summed E-state index contributed by atoms with van der Waals surface area (Å²) in [7, 11) is 0. The van der Waals surface area contributed by atoms with Crippen LogP contribution in [0.2, 0.25) is 0 Å². The van der Waals surface area contributed by atoms with E-state index in [-0.39, 0.29) is 0 Å². The highest BCUT2D eigenvalue weighted by molar-refractivity contribution is 7.98. The van der Waals surface area contributed by atoms with Crippen LogP contribution >= 0.6 is 11.8 Å². The van der Waals surface area contributed by atoms with Crippen molar-refractivity contribution < 1.29 is 4.74 Å². The Hall–Kier alpha value is -1.61. The minimum Gasteiger partial charge on any atom is -0.491 e. The molecule has 0 saturated carbocycles. The lowest BCUT2D eigenvalue weighted by atomic mass is 10.1. The van der Waals surface area contributed by atoms with E-state index < -0.39 is 0 Å². The van der Waals surface area contributed by atoms with Crippen LogP contribution in [0, 0.1) is 13.8 Å². The maximum atomic E-state index is 5.83. The SMILES string of the molecule is Cc1cc(C)cc(CSCCOc2ccccc2N)c1. The van der Waals surface area contributed by atoms with Gasteiger partial charge in [0.25, 0.3) is 0 Å². The Morgan fingerprint density at radius 1 is 1.05 bits per heavy atom. The number of rotatable bonds is 6. The Bertz CT molecular complexity index is 548. The molecule has 0 aliphatic heterocycles. The summed E-state index contributed by atoms with van der Waals surface area (Å²) in [6.45, 7) is 4.97. The van der Waals surface area contributed by atoms with Crippen LogP contribution in [-0.2, 0) is 5.75 Å². The van der Waals surface area contributed by atoms with E-state index in [9.17, 15) is 0 Å². The molecule has 2 aromatic rings. The molecule has 0 saturated heterocycles. The zero-order chi connectivity index (χ0) is 14.4. The van der Waals surface area contributed by atoms with Crippen LogP contribution in [-0.4, -0.2) is 12.4 Å². The molecular weight excluding hydrogens is 266 g/mol. The van der Waals surface area contributed by atoms with Gasteiger partial charge < -0.3 is 10.5 Å². The standard InChI is InChI=1S/C17H21NOS/c1-13-9-14(2)11-15(10-13)12-20-8-7-19-17-6-4-3-5-16(17)18/h3-6,9-11H,7-8,12,18H2,1-2H3. The van der Waals surface area contributed by atoms with Crippen molar-refractivity contribution in [3.05, 3.63) is 59.2 Å². The maximum Gasteiger partial charge on any atom is 0.142 e. The number of nitrogens with two attached hydrogens (primary N) is 1. The summed E-state index contributed by atoms with van der Waals surface area (Å²) in [6, 6.07) is 14.3. The number of nitrogen functional groups attached to an aromatic ring is 1. The number of aryl methyl sites for hydroxylation is 2. The van der Waals surface area contributed by atoms with Crippen LogP contribution in [0.5, 0.6) is 5.75 Å². The molecule has 0 unspecified atom stereocenters. The molecule has 0 atom stereocenters. The Balaban J connectivity index is 1.73. The van der Waals surface area contributed by atoms with Crippen molar-refractivity contribution >= 4 is 17.4 Å². The number of hydrogen-bond donors (Lipinski definition) is 1. The van der Waals surface area contributed by atoms with Gasteiger partial charge in [0, 0.05) is 11.5 Å². The van der Waals surface area contributed by atoms with E-state index in [0.717, 1.165) is 17.3 Å². The fraction of sp³-hybridized carbons (Fsp3) is 0.294. The van der Waals surface area contributed by atoms with Gasteiger partial charge >= 0.3 is 0 Å². The van der Waals surface area contributed by atoms with Crippen LogP contribution in [0.1, 0.15) is 16.7 Å². The second-order valence-corrected chi connectivity index (χ2v) is 6.04. The molecule has 0 aliphatic rings. The number of hydrogen-bond acceptors (Lipinski definition) is 3. The molecule has 2 rings (SSSR count). The molecule has 0 aliphatic carbocycles. The highest BCUT2D eigenvalue weighted by atomic mass is 32.2. The molecule has 0 heterocycles. The van der Waals surface area contributed by atoms with Crippen molar-refractivity contribution in [3.63, 3.8) is 0 Å². The predicted molar refractivity (Wildman–Crippen MR) is 88.4 cm³/mol. The molecular formula is C17H21NOS. The van der Waals surface area contributed by atoms with Gasteiger partial charge in [0.1, 0.15) is 5.75 Å². The highest BCUT2D eigenvalue weighted by Crippen LogP contribution is 2.20. The van der Waals surface area contributed by atoms with Crippen LogP contribution in [0.3, 0.4) is 0 Å². The number of anilines is 1. The molecule has 0 radical (unpaired) electrons. The maximum absolute atomic E-state index is 5.83. The van der Waals surface area contributed by atoms with E-state index in [1.54, 1.807) is 0 Å². The number of benzene rings is 2. The van der Waals surface area contributed by atoms with Gasteiger partial charge in [-0.25, -0.2) is 0 Å². The fourth-order valence-corrected chi connectivity index (χ4v) is 2.91. The first kappa shape index (κ1) is 14.8. The average molecular weight is 287 g/mol. The van der Waals surface area contributed by atoms with E-state index in [4.69, 9.17) is 10.5 Å². The van der Waals surface area contributed by atoms with Crippen molar-refractivity contribution in [2.75, 3.05) is 18.1 Å². The molecule has 0 bridgehead atoms. The van der Waals surface area contributed by atoms with E-state index in [1.807, 2.05) is 36.0 Å². The molecule has 0 amide bonds. The van der Waals surface area contributed by atoms with Crippen molar-refractivity contribution in [1.29, 1.82) is 0 Å². The molecule has 2 nitrogen and oxygen atoms in total. The quantitative estimate of drug-likeness (QED) is 0.639. The second kappa shape index (κ2) is 7.25. The van der Waals surface area contributed by atoms with Crippen molar-refractivity contribution in [1.82, 2.24) is 0 Å². The lowest BCUT2D eigenvalue weighted by molar-refractivity contribution is 0.346. The summed E-state index contributed by atoms with van der Waals surface area (Å²) >= 11 is 1.88. The third-order valence-corrected chi connectivity index (χ3v) is 3.95. The second-order valence-electron chi connectivity index (χ2n) is 4.93. The van der Waals surface area contributed by atoms with Crippen LogP contribution in [0.25, 0.3) is 0 Å². The van der Waals surface area contributed by atoms with Gasteiger partial charge in [-0.2, -0.15) is 11.8 Å². The van der Waals surface area contributed by atoms with E-state index in [2.05, 4.69) is 32.0 Å². The summed E-state index contributed by atoms with van der Waals surface area (Å²) in [5.74, 6) is 2.76. The van der Waals surface area contributed by atoms with Crippen LogP contribution in [0.4, 0.5) is 5.69 Å². The van der Waals surface area contributed by atoms with Gasteiger partial charge in [-0.1, -0.05) is 41.5 Å². The Kier molecular flexibility index (Phi) is 5.36.